The van der Waals surface area contributed by atoms with Crippen LogP contribution in [0.25, 0.3) is 0 Å². The molecule has 0 aliphatic heterocycles. The lowest BCUT2D eigenvalue weighted by Crippen LogP contribution is -2.22. The number of rotatable bonds is 3. The van der Waals surface area contributed by atoms with E-state index in [4.69, 9.17) is 5.73 Å². The number of hydrogen-bond acceptors (Lipinski definition) is 2. The summed E-state index contributed by atoms with van der Waals surface area (Å²) in [6.07, 6.45) is -4.70. The average molecular weight is 271 g/mol. The number of alkyl halides is 3. The summed E-state index contributed by atoms with van der Waals surface area (Å²) in [6.45, 7) is 1.93. The number of ether oxygens (including phenoxy) is 1. The Balaban J connectivity index is 2.61. The highest BCUT2D eigenvalue weighted by atomic mass is 19.4. The molecule has 1 rings (SSSR count). The average Bonchev–Trinajstić information content (AvgIpc) is 2.30. The van der Waals surface area contributed by atoms with Crippen LogP contribution in [-0.2, 0) is 0 Å². The molecule has 0 unspecified atom stereocenters. The maximum absolute atomic E-state index is 11.9. The van der Waals surface area contributed by atoms with Gasteiger partial charge in [-0.25, -0.2) is 4.99 Å². The molecule has 19 heavy (non-hydrogen) atoms. The van der Waals surface area contributed by atoms with Gasteiger partial charge in [0, 0.05) is 5.69 Å². The van der Waals surface area contributed by atoms with Crippen molar-refractivity contribution in [3.63, 3.8) is 0 Å². The molecule has 0 saturated heterocycles. The lowest BCUT2D eigenvalue weighted by atomic mass is 10.3. The van der Waals surface area contributed by atoms with Crippen molar-refractivity contribution in [2.24, 2.45) is 10.7 Å². The van der Waals surface area contributed by atoms with Crippen LogP contribution in [0, 0.1) is 11.8 Å². The quantitative estimate of drug-likeness (QED) is 0.504. The van der Waals surface area contributed by atoms with Crippen LogP contribution in [0.3, 0.4) is 0 Å². The van der Waals surface area contributed by atoms with Gasteiger partial charge in [-0.05, 0) is 31.2 Å². The Morgan fingerprint density at radius 3 is 2.53 bits per heavy atom. The van der Waals surface area contributed by atoms with Gasteiger partial charge in [-0.2, -0.15) is 0 Å². The number of nitrogens with two attached hydrogens (primary N) is 1. The van der Waals surface area contributed by atoms with Crippen molar-refractivity contribution < 1.29 is 17.9 Å². The summed E-state index contributed by atoms with van der Waals surface area (Å²) in [7, 11) is 0. The Morgan fingerprint density at radius 2 is 2.00 bits per heavy atom. The molecule has 0 atom stereocenters. The number of halogens is 3. The van der Waals surface area contributed by atoms with Gasteiger partial charge in [0.25, 0.3) is 0 Å². The first-order valence-corrected chi connectivity index (χ1v) is 5.23. The Morgan fingerprint density at radius 1 is 1.37 bits per heavy atom. The van der Waals surface area contributed by atoms with Crippen molar-refractivity contribution in [3.8, 4) is 17.6 Å². The summed E-state index contributed by atoms with van der Waals surface area (Å²) >= 11 is 0. The third-order valence-corrected chi connectivity index (χ3v) is 1.87. The first kappa shape index (κ1) is 14.7. The highest BCUT2D eigenvalue weighted by Gasteiger charge is 2.30. The number of hydrogen-bond donors (Lipinski definition) is 2. The van der Waals surface area contributed by atoms with Crippen LogP contribution >= 0.6 is 0 Å². The maximum Gasteiger partial charge on any atom is 0.573 e. The third-order valence-electron chi connectivity index (χ3n) is 1.87. The largest absolute Gasteiger partial charge is 0.573 e. The molecule has 0 heterocycles. The molecule has 0 spiro atoms. The van der Waals surface area contributed by atoms with E-state index in [-0.39, 0.29) is 18.3 Å². The van der Waals surface area contributed by atoms with E-state index in [1.165, 1.54) is 24.3 Å². The highest BCUT2D eigenvalue weighted by molar-refractivity contribution is 5.92. The van der Waals surface area contributed by atoms with E-state index in [0.717, 1.165) is 0 Å². The van der Waals surface area contributed by atoms with E-state index in [1.54, 1.807) is 6.92 Å². The molecule has 0 saturated carbocycles. The Hall–Kier alpha value is -2.36. The summed E-state index contributed by atoms with van der Waals surface area (Å²) in [5.74, 6) is 5.18. The molecule has 1 aromatic carbocycles. The second-order valence-corrected chi connectivity index (χ2v) is 3.33. The fourth-order valence-corrected chi connectivity index (χ4v) is 1.13. The minimum Gasteiger partial charge on any atom is -0.406 e. The lowest BCUT2D eigenvalue weighted by Gasteiger charge is -2.10. The molecule has 1 aromatic rings. The zero-order valence-corrected chi connectivity index (χ0v) is 10.1. The van der Waals surface area contributed by atoms with Crippen molar-refractivity contribution in [3.05, 3.63) is 24.3 Å². The summed E-state index contributed by atoms with van der Waals surface area (Å²) in [4.78, 5) is 3.89. The molecule has 4 nitrogen and oxygen atoms in total. The Kier molecular flexibility index (Phi) is 5.06. The minimum atomic E-state index is -4.70. The maximum atomic E-state index is 11.9. The van der Waals surface area contributed by atoms with Crippen LogP contribution in [-0.4, -0.2) is 18.9 Å². The predicted octanol–water partition coefficient (Wildman–Crippen LogP) is 2.34. The van der Waals surface area contributed by atoms with E-state index in [0.29, 0.717) is 5.69 Å². The molecule has 3 N–H and O–H groups in total. The summed E-state index contributed by atoms with van der Waals surface area (Å²) in [6, 6.07) is 5.15. The zero-order valence-electron chi connectivity index (χ0n) is 10.1. The van der Waals surface area contributed by atoms with Gasteiger partial charge >= 0.3 is 6.36 Å². The summed E-state index contributed by atoms with van der Waals surface area (Å²) < 4.78 is 39.5. The van der Waals surface area contributed by atoms with Gasteiger partial charge in [0.2, 0.25) is 0 Å². The lowest BCUT2D eigenvalue weighted by molar-refractivity contribution is -0.274. The molecule has 102 valence electrons. The number of aliphatic imine (C=N–C) groups is 1. The minimum absolute atomic E-state index is 0.132. The first-order chi connectivity index (χ1) is 8.90. The molecule has 0 radical (unpaired) electrons. The number of anilines is 1. The van der Waals surface area contributed by atoms with E-state index in [2.05, 4.69) is 26.9 Å². The van der Waals surface area contributed by atoms with E-state index in [1.807, 2.05) is 0 Å². The molecule has 0 aromatic heterocycles. The van der Waals surface area contributed by atoms with E-state index >= 15 is 0 Å². The van der Waals surface area contributed by atoms with Crippen molar-refractivity contribution in [2.75, 3.05) is 11.9 Å². The van der Waals surface area contributed by atoms with Gasteiger partial charge in [0.05, 0.1) is 0 Å². The summed E-state index contributed by atoms with van der Waals surface area (Å²) in [5, 5.41) is 2.71. The van der Waals surface area contributed by atoms with Crippen molar-refractivity contribution in [2.45, 2.75) is 13.3 Å². The Labute approximate surface area is 108 Å². The molecule has 0 amide bonds. The van der Waals surface area contributed by atoms with Crippen LogP contribution < -0.4 is 15.8 Å². The number of benzene rings is 1. The van der Waals surface area contributed by atoms with Gasteiger partial charge in [-0.3, -0.25) is 0 Å². The van der Waals surface area contributed by atoms with Crippen molar-refractivity contribution in [1.29, 1.82) is 0 Å². The highest BCUT2D eigenvalue weighted by Crippen LogP contribution is 2.23. The van der Waals surface area contributed by atoms with Crippen LogP contribution in [0.4, 0.5) is 18.9 Å². The fraction of sp³-hybridized carbons (Fsp3) is 0.250. The van der Waals surface area contributed by atoms with Gasteiger partial charge in [-0.15, -0.1) is 19.1 Å². The standard InChI is InChI=1S/C12H12F3N3O/c1-2-3-8-17-11(16)18-9-4-6-10(7-5-9)19-12(13,14)15/h4-7H,8H2,1H3,(H3,16,17,18). The topological polar surface area (TPSA) is 59.6 Å². The SMILES string of the molecule is CC#CCN=C(N)Nc1ccc(OC(F)(F)F)cc1. The van der Waals surface area contributed by atoms with Gasteiger partial charge in [0.1, 0.15) is 12.3 Å². The van der Waals surface area contributed by atoms with E-state index < -0.39 is 6.36 Å². The smallest absolute Gasteiger partial charge is 0.406 e. The zero-order chi connectivity index (χ0) is 14.3. The van der Waals surface area contributed by atoms with Crippen LogP contribution in [0.5, 0.6) is 5.75 Å². The van der Waals surface area contributed by atoms with Crippen molar-refractivity contribution >= 4 is 11.6 Å². The molecule has 0 bridgehead atoms. The van der Waals surface area contributed by atoms with E-state index in [9.17, 15) is 13.2 Å². The summed E-state index contributed by atoms with van der Waals surface area (Å²) in [5.41, 5.74) is 6.05. The monoisotopic (exact) mass is 271 g/mol. The molecular weight excluding hydrogens is 259 g/mol. The van der Waals surface area contributed by atoms with Crippen LogP contribution in [0.15, 0.2) is 29.3 Å². The molecule has 0 fully saturated rings. The van der Waals surface area contributed by atoms with Crippen LogP contribution in [0.1, 0.15) is 6.92 Å². The van der Waals surface area contributed by atoms with Gasteiger partial charge in [0.15, 0.2) is 5.96 Å². The molecule has 0 aliphatic carbocycles. The number of nitrogens with zero attached hydrogens (tertiary/aromatic N) is 1. The fourth-order valence-electron chi connectivity index (χ4n) is 1.13. The molecule has 0 aliphatic rings. The van der Waals surface area contributed by atoms with Gasteiger partial charge in [-0.1, -0.05) is 5.92 Å². The third kappa shape index (κ3) is 6.21. The second-order valence-electron chi connectivity index (χ2n) is 3.33. The first-order valence-electron chi connectivity index (χ1n) is 5.23. The molecule has 7 heteroatoms. The molecular formula is C12H12F3N3O. The Bertz CT molecular complexity index is 498. The van der Waals surface area contributed by atoms with Crippen LogP contribution in [0.2, 0.25) is 0 Å². The number of nitrogens with one attached hydrogen (secondary N) is 1. The van der Waals surface area contributed by atoms with Gasteiger partial charge < -0.3 is 15.8 Å². The normalized spacial score (nSPS) is 11.5. The second kappa shape index (κ2) is 6.54. The predicted molar refractivity (Wildman–Crippen MR) is 66.7 cm³/mol. The number of guanidine groups is 1. The van der Waals surface area contributed by atoms with Crippen molar-refractivity contribution in [1.82, 2.24) is 0 Å².